The van der Waals surface area contributed by atoms with E-state index in [0.717, 1.165) is 18.7 Å². The van der Waals surface area contributed by atoms with Crippen molar-refractivity contribution in [3.63, 3.8) is 0 Å². The Morgan fingerprint density at radius 1 is 1.38 bits per heavy atom. The van der Waals surface area contributed by atoms with E-state index in [1.165, 1.54) is 12.1 Å². The third-order valence-electron chi connectivity index (χ3n) is 3.36. The number of ether oxygens (including phenoxy) is 1. The van der Waals surface area contributed by atoms with Crippen LogP contribution >= 0.6 is 0 Å². The van der Waals surface area contributed by atoms with Crippen LogP contribution in [0.4, 0.5) is 9.18 Å². The Balaban J connectivity index is 2.04. The zero-order chi connectivity index (χ0) is 15.5. The van der Waals surface area contributed by atoms with Crippen LogP contribution in [-0.4, -0.2) is 42.3 Å². The van der Waals surface area contributed by atoms with Crippen molar-refractivity contribution in [2.45, 2.75) is 38.8 Å². The lowest BCUT2D eigenvalue weighted by Crippen LogP contribution is -2.55. The molecule has 1 amide bonds. The fourth-order valence-corrected chi connectivity index (χ4v) is 2.40. The van der Waals surface area contributed by atoms with Gasteiger partial charge < -0.3 is 15.0 Å². The van der Waals surface area contributed by atoms with E-state index in [0.29, 0.717) is 13.0 Å². The van der Waals surface area contributed by atoms with Crippen molar-refractivity contribution in [2.24, 2.45) is 0 Å². The summed E-state index contributed by atoms with van der Waals surface area (Å²) in [7, 11) is 0. The lowest BCUT2D eigenvalue weighted by molar-refractivity contribution is 0.0122. The number of amides is 1. The first-order chi connectivity index (χ1) is 9.85. The van der Waals surface area contributed by atoms with Gasteiger partial charge in [0.2, 0.25) is 0 Å². The number of carbonyl (C=O) groups is 1. The number of hydrogen-bond acceptors (Lipinski definition) is 3. The maximum absolute atomic E-state index is 13.0. The van der Waals surface area contributed by atoms with Crippen molar-refractivity contribution < 1.29 is 13.9 Å². The highest BCUT2D eigenvalue weighted by Crippen LogP contribution is 2.16. The Morgan fingerprint density at radius 3 is 2.67 bits per heavy atom. The molecule has 0 unspecified atom stereocenters. The third-order valence-corrected chi connectivity index (χ3v) is 3.36. The summed E-state index contributed by atoms with van der Waals surface area (Å²) in [6.45, 7) is 7.70. The molecule has 1 heterocycles. The van der Waals surface area contributed by atoms with E-state index in [-0.39, 0.29) is 18.0 Å². The zero-order valence-corrected chi connectivity index (χ0v) is 12.9. The van der Waals surface area contributed by atoms with Crippen molar-refractivity contribution in [3.8, 4) is 0 Å². The predicted octanol–water partition coefficient (Wildman–Crippen LogP) is 2.58. The minimum absolute atomic E-state index is 0.0269. The first kappa shape index (κ1) is 15.8. The highest BCUT2D eigenvalue weighted by molar-refractivity contribution is 5.68. The molecule has 1 aliphatic rings. The van der Waals surface area contributed by atoms with E-state index < -0.39 is 5.60 Å². The number of halogens is 1. The van der Waals surface area contributed by atoms with E-state index in [9.17, 15) is 9.18 Å². The smallest absolute Gasteiger partial charge is 0.410 e. The van der Waals surface area contributed by atoms with Crippen molar-refractivity contribution in [1.82, 2.24) is 10.2 Å². The third kappa shape index (κ3) is 4.70. The normalized spacial score (nSPS) is 19.4. The summed E-state index contributed by atoms with van der Waals surface area (Å²) in [4.78, 5) is 14.1. The van der Waals surface area contributed by atoms with Crippen LogP contribution in [0.3, 0.4) is 0 Å². The molecular weight excluding hydrogens is 271 g/mol. The van der Waals surface area contributed by atoms with Crippen LogP contribution < -0.4 is 5.32 Å². The van der Waals surface area contributed by atoms with Gasteiger partial charge >= 0.3 is 6.09 Å². The van der Waals surface area contributed by atoms with Crippen LogP contribution in [0.1, 0.15) is 26.3 Å². The Hall–Kier alpha value is -1.62. The van der Waals surface area contributed by atoms with Gasteiger partial charge in [-0.05, 0) is 44.9 Å². The second-order valence-corrected chi connectivity index (χ2v) is 6.36. The molecule has 21 heavy (non-hydrogen) atoms. The first-order valence-corrected chi connectivity index (χ1v) is 7.30. The molecule has 116 valence electrons. The SMILES string of the molecule is CC(C)(C)OC(=O)N1CCNC[C@@H]1Cc1ccc(F)cc1. The van der Waals surface area contributed by atoms with Crippen molar-refractivity contribution in [2.75, 3.05) is 19.6 Å². The molecule has 0 radical (unpaired) electrons. The van der Waals surface area contributed by atoms with Gasteiger partial charge in [-0.1, -0.05) is 12.1 Å². The quantitative estimate of drug-likeness (QED) is 0.911. The number of piperazine rings is 1. The minimum Gasteiger partial charge on any atom is -0.444 e. The summed E-state index contributed by atoms with van der Waals surface area (Å²) in [6.07, 6.45) is 0.406. The van der Waals surface area contributed by atoms with Crippen LogP contribution in [0.2, 0.25) is 0 Å². The molecule has 1 saturated heterocycles. The summed E-state index contributed by atoms with van der Waals surface area (Å²) in [6, 6.07) is 6.44. The number of rotatable bonds is 2. The fourth-order valence-electron chi connectivity index (χ4n) is 2.40. The lowest BCUT2D eigenvalue weighted by atomic mass is 10.0. The molecule has 1 aliphatic heterocycles. The predicted molar refractivity (Wildman–Crippen MR) is 79.7 cm³/mol. The summed E-state index contributed by atoms with van der Waals surface area (Å²) in [5, 5.41) is 3.29. The molecule has 0 spiro atoms. The number of carbonyl (C=O) groups excluding carboxylic acids is 1. The van der Waals surface area contributed by atoms with Crippen LogP contribution in [0.5, 0.6) is 0 Å². The van der Waals surface area contributed by atoms with E-state index in [1.807, 2.05) is 20.8 Å². The topological polar surface area (TPSA) is 41.6 Å². The highest BCUT2D eigenvalue weighted by atomic mass is 19.1. The van der Waals surface area contributed by atoms with Gasteiger partial charge in [0, 0.05) is 19.6 Å². The second kappa shape index (κ2) is 6.43. The van der Waals surface area contributed by atoms with Gasteiger partial charge in [0.25, 0.3) is 0 Å². The number of nitrogens with one attached hydrogen (secondary N) is 1. The molecule has 4 nitrogen and oxygen atoms in total. The maximum atomic E-state index is 13.0. The first-order valence-electron chi connectivity index (χ1n) is 7.30. The van der Waals surface area contributed by atoms with Crippen molar-refractivity contribution in [1.29, 1.82) is 0 Å². The lowest BCUT2D eigenvalue weighted by Gasteiger charge is -2.37. The Labute approximate surface area is 125 Å². The van der Waals surface area contributed by atoms with Crippen molar-refractivity contribution in [3.05, 3.63) is 35.6 Å². The molecule has 0 aliphatic carbocycles. The summed E-state index contributed by atoms with van der Waals surface area (Å²) in [5.41, 5.74) is 0.515. The van der Waals surface area contributed by atoms with Gasteiger partial charge in [-0.25, -0.2) is 9.18 Å². The van der Waals surface area contributed by atoms with E-state index in [4.69, 9.17) is 4.74 Å². The van der Waals surface area contributed by atoms with Gasteiger partial charge in [0.05, 0.1) is 6.04 Å². The highest BCUT2D eigenvalue weighted by Gasteiger charge is 2.30. The number of benzene rings is 1. The molecule has 0 saturated carbocycles. The molecule has 0 bridgehead atoms. The van der Waals surface area contributed by atoms with Gasteiger partial charge in [-0.3, -0.25) is 0 Å². The van der Waals surface area contributed by atoms with Gasteiger partial charge in [0.15, 0.2) is 0 Å². The van der Waals surface area contributed by atoms with E-state index in [1.54, 1.807) is 17.0 Å². The van der Waals surface area contributed by atoms with E-state index >= 15 is 0 Å². The van der Waals surface area contributed by atoms with Crippen molar-refractivity contribution >= 4 is 6.09 Å². The molecule has 1 aromatic rings. The number of hydrogen-bond donors (Lipinski definition) is 1. The monoisotopic (exact) mass is 294 g/mol. The molecule has 1 atom stereocenters. The number of nitrogens with zero attached hydrogens (tertiary/aromatic N) is 1. The van der Waals surface area contributed by atoms with Crippen LogP contribution in [0.25, 0.3) is 0 Å². The molecule has 5 heteroatoms. The molecule has 1 fully saturated rings. The van der Waals surface area contributed by atoms with Crippen LogP contribution in [-0.2, 0) is 11.2 Å². The summed E-state index contributed by atoms with van der Waals surface area (Å²) < 4.78 is 18.4. The standard InChI is InChI=1S/C16H23FN2O2/c1-16(2,3)21-15(20)19-9-8-18-11-14(19)10-12-4-6-13(17)7-5-12/h4-7,14,18H,8-11H2,1-3H3/t14-/m0/s1. The molecule has 2 rings (SSSR count). The van der Waals surface area contributed by atoms with Gasteiger partial charge in [-0.15, -0.1) is 0 Å². The minimum atomic E-state index is -0.498. The molecule has 1 aromatic carbocycles. The Bertz CT molecular complexity index is 482. The Morgan fingerprint density at radius 2 is 2.05 bits per heavy atom. The zero-order valence-electron chi connectivity index (χ0n) is 12.9. The molecule has 1 N–H and O–H groups in total. The Kier molecular flexibility index (Phi) is 4.83. The second-order valence-electron chi connectivity index (χ2n) is 6.36. The fraction of sp³-hybridized carbons (Fsp3) is 0.562. The largest absolute Gasteiger partial charge is 0.444 e. The van der Waals surface area contributed by atoms with Gasteiger partial charge in [0.1, 0.15) is 11.4 Å². The van der Waals surface area contributed by atoms with Gasteiger partial charge in [-0.2, -0.15) is 0 Å². The molecule has 0 aromatic heterocycles. The average Bonchev–Trinajstić information content (AvgIpc) is 2.40. The average molecular weight is 294 g/mol. The molecular formula is C16H23FN2O2. The maximum Gasteiger partial charge on any atom is 0.410 e. The summed E-state index contributed by atoms with van der Waals surface area (Å²) >= 11 is 0. The van der Waals surface area contributed by atoms with Crippen LogP contribution in [0.15, 0.2) is 24.3 Å². The summed E-state index contributed by atoms with van der Waals surface area (Å²) in [5.74, 6) is -0.246. The van der Waals surface area contributed by atoms with E-state index in [2.05, 4.69) is 5.32 Å². The van der Waals surface area contributed by atoms with Crippen LogP contribution in [0, 0.1) is 5.82 Å².